The molecular formula is C21H17BrN2O7S2. The summed E-state index contributed by atoms with van der Waals surface area (Å²) in [6.07, 6.45) is 0. The van der Waals surface area contributed by atoms with Crippen molar-refractivity contribution >= 4 is 60.5 Å². The fraction of sp³-hybridized carbons (Fsp3) is 0.143. The van der Waals surface area contributed by atoms with E-state index in [-0.39, 0.29) is 26.7 Å². The van der Waals surface area contributed by atoms with Crippen LogP contribution in [0.2, 0.25) is 0 Å². The Morgan fingerprint density at radius 3 is 2.52 bits per heavy atom. The molecule has 0 bridgehead atoms. The molecule has 0 saturated heterocycles. The third kappa shape index (κ3) is 4.97. The number of rotatable bonds is 6. The number of benzene rings is 2. The van der Waals surface area contributed by atoms with Crippen LogP contribution in [-0.2, 0) is 10.0 Å². The summed E-state index contributed by atoms with van der Waals surface area (Å²) in [6, 6.07) is 10.4. The monoisotopic (exact) mass is 552 g/mol. The van der Waals surface area contributed by atoms with Gasteiger partial charge < -0.3 is 19.9 Å². The highest BCUT2D eigenvalue weighted by molar-refractivity contribution is 9.10. The molecule has 0 aliphatic carbocycles. The van der Waals surface area contributed by atoms with Crippen molar-refractivity contribution in [2.24, 2.45) is 0 Å². The Balaban J connectivity index is 1.56. The third-order valence-corrected chi connectivity index (χ3v) is 7.82. The van der Waals surface area contributed by atoms with E-state index in [1.807, 2.05) is 0 Å². The summed E-state index contributed by atoms with van der Waals surface area (Å²) < 4.78 is 39.9. The van der Waals surface area contributed by atoms with Gasteiger partial charge in [-0.2, -0.15) is 0 Å². The zero-order valence-corrected chi connectivity index (χ0v) is 20.3. The summed E-state index contributed by atoms with van der Waals surface area (Å²) in [5.74, 6) is -0.856. The quantitative estimate of drug-likeness (QED) is 0.414. The second-order valence-electron chi connectivity index (χ2n) is 6.94. The number of ether oxygens (including phenoxy) is 2. The van der Waals surface area contributed by atoms with Gasteiger partial charge in [-0.15, -0.1) is 11.3 Å². The molecule has 172 valence electrons. The van der Waals surface area contributed by atoms with Gasteiger partial charge in [0, 0.05) is 15.4 Å². The van der Waals surface area contributed by atoms with Crippen molar-refractivity contribution < 1.29 is 32.6 Å². The van der Waals surface area contributed by atoms with E-state index in [0.29, 0.717) is 34.1 Å². The van der Waals surface area contributed by atoms with Gasteiger partial charge in [0.1, 0.15) is 18.1 Å². The maximum Gasteiger partial charge on any atom is 0.337 e. The maximum absolute atomic E-state index is 13.0. The number of aryl methyl sites for hydroxylation is 1. The van der Waals surface area contributed by atoms with E-state index in [4.69, 9.17) is 9.47 Å². The molecule has 3 aromatic rings. The minimum absolute atomic E-state index is 0.0539. The molecule has 2 heterocycles. The molecule has 1 aliphatic heterocycles. The molecular weight excluding hydrogens is 536 g/mol. The first-order chi connectivity index (χ1) is 15.6. The molecule has 0 atom stereocenters. The van der Waals surface area contributed by atoms with Crippen molar-refractivity contribution in [2.75, 3.05) is 23.3 Å². The highest BCUT2D eigenvalue weighted by atomic mass is 79.9. The van der Waals surface area contributed by atoms with Gasteiger partial charge in [-0.05, 0) is 43.3 Å². The summed E-state index contributed by atoms with van der Waals surface area (Å²) in [5.41, 5.74) is 0.288. The van der Waals surface area contributed by atoms with Crippen molar-refractivity contribution in [3.05, 3.63) is 62.3 Å². The van der Waals surface area contributed by atoms with Crippen LogP contribution in [0.25, 0.3) is 0 Å². The van der Waals surface area contributed by atoms with Gasteiger partial charge in [-0.1, -0.05) is 15.9 Å². The molecule has 0 unspecified atom stereocenters. The van der Waals surface area contributed by atoms with Crippen molar-refractivity contribution in [2.45, 2.75) is 11.8 Å². The van der Waals surface area contributed by atoms with Gasteiger partial charge in [0.2, 0.25) is 0 Å². The Kier molecular flexibility index (Phi) is 6.32. The number of carboxylic acids is 1. The summed E-state index contributed by atoms with van der Waals surface area (Å²) in [5, 5.41) is 11.9. The Hall–Kier alpha value is -3.09. The smallest absolute Gasteiger partial charge is 0.337 e. The average Bonchev–Trinajstić information content (AvgIpc) is 3.17. The zero-order chi connectivity index (χ0) is 23.8. The number of aromatic carboxylic acids is 1. The predicted molar refractivity (Wildman–Crippen MR) is 126 cm³/mol. The first-order valence-corrected chi connectivity index (χ1v) is 12.6. The van der Waals surface area contributed by atoms with E-state index in [1.54, 1.807) is 25.1 Å². The number of carboxylic acid groups (broad SMARTS) is 1. The maximum atomic E-state index is 13.0. The molecule has 1 aliphatic rings. The molecule has 3 N–H and O–H groups in total. The zero-order valence-electron chi connectivity index (χ0n) is 17.0. The number of sulfonamides is 1. The van der Waals surface area contributed by atoms with E-state index >= 15 is 0 Å². The van der Waals surface area contributed by atoms with Crippen LogP contribution >= 0.6 is 27.3 Å². The Bertz CT molecular complexity index is 1370. The fourth-order valence-corrected chi connectivity index (χ4v) is 6.05. The third-order valence-electron chi connectivity index (χ3n) is 4.64. The number of thiophene rings is 1. The number of fused-ring (bicyclic) bond motifs is 1. The van der Waals surface area contributed by atoms with Gasteiger partial charge in [0.15, 0.2) is 11.5 Å². The number of halogens is 1. The average molecular weight is 553 g/mol. The van der Waals surface area contributed by atoms with E-state index in [2.05, 4.69) is 26.0 Å². The normalized spacial score (nSPS) is 12.8. The predicted octanol–water partition coefficient (Wildman–Crippen LogP) is 4.34. The largest absolute Gasteiger partial charge is 0.486 e. The van der Waals surface area contributed by atoms with Crippen molar-refractivity contribution in [3.63, 3.8) is 0 Å². The second kappa shape index (κ2) is 9.04. The van der Waals surface area contributed by atoms with Crippen LogP contribution in [0, 0.1) is 6.92 Å². The molecule has 0 fully saturated rings. The van der Waals surface area contributed by atoms with E-state index in [1.165, 1.54) is 24.3 Å². The number of hydrogen-bond donors (Lipinski definition) is 3. The van der Waals surface area contributed by atoms with E-state index in [9.17, 15) is 23.1 Å². The SMILES string of the molecule is Cc1sc(C(=O)Nc2ccc(Br)cc2C(=O)O)cc1S(=O)(=O)Nc1ccc2c(c1)OCCO2. The van der Waals surface area contributed by atoms with Crippen LogP contribution in [0.3, 0.4) is 0 Å². The molecule has 9 nitrogen and oxygen atoms in total. The Morgan fingerprint density at radius 2 is 1.79 bits per heavy atom. The van der Waals surface area contributed by atoms with Crippen LogP contribution < -0.4 is 19.5 Å². The Morgan fingerprint density at radius 1 is 1.06 bits per heavy atom. The van der Waals surface area contributed by atoms with Gasteiger partial charge in [0.25, 0.3) is 15.9 Å². The highest BCUT2D eigenvalue weighted by Gasteiger charge is 2.24. The lowest BCUT2D eigenvalue weighted by Crippen LogP contribution is -2.17. The number of nitrogens with one attached hydrogen (secondary N) is 2. The summed E-state index contributed by atoms with van der Waals surface area (Å²) in [4.78, 5) is 24.7. The number of carbonyl (C=O) groups excluding carboxylic acids is 1. The minimum Gasteiger partial charge on any atom is -0.486 e. The topological polar surface area (TPSA) is 131 Å². The molecule has 12 heteroatoms. The molecule has 0 saturated carbocycles. The Labute approximate surface area is 201 Å². The molecule has 0 radical (unpaired) electrons. The molecule has 1 amide bonds. The van der Waals surface area contributed by atoms with Crippen molar-refractivity contribution in [1.29, 1.82) is 0 Å². The molecule has 1 aromatic heterocycles. The number of amides is 1. The van der Waals surface area contributed by atoms with Gasteiger partial charge in [-0.25, -0.2) is 13.2 Å². The van der Waals surface area contributed by atoms with Crippen LogP contribution in [-0.4, -0.2) is 38.6 Å². The summed E-state index contributed by atoms with van der Waals surface area (Å²) in [6.45, 7) is 2.38. The van der Waals surface area contributed by atoms with Gasteiger partial charge >= 0.3 is 5.97 Å². The standard InChI is InChI=1S/C21H17BrN2O7S2/c1-11-19(33(28,29)24-13-3-5-16-17(9-13)31-7-6-30-16)10-18(32-11)20(25)23-15-4-2-12(22)8-14(15)21(26)27/h2-5,8-10,24H,6-7H2,1H3,(H,23,25)(H,26,27). The first-order valence-electron chi connectivity index (χ1n) is 9.51. The lowest BCUT2D eigenvalue weighted by molar-refractivity contribution is 0.0698. The number of anilines is 2. The first kappa shape index (κ1) is 23.1. The van der Waals surface area contributed by atoms with Crippen LogP contribution in [0.1, 0.15) is 24.9 Å². The number of carbonyl (C=O) groups is 2. The molecule has 4 rings (SSSR count). The van der Waals surface area contributed by atoms with Crippen LogP contribution in [0.15, 0.2) is 51.8 Å². The lowest BCUT2D eigenvalue weighted by atomic mass is 10.2. The summed E-state index contributed by atoms with van der Waals surface area (Å²) >= 11 is 4.18. The van der Waals surface area contributed by atoms with Gasteiger partial charge in [-0.3, -0.25) is 9.52 Å². The van der Waals surface area contributed by atoms with Crippen LogP contribution in [0.4, 0.5) is 11.4 Å². The van der Waals surface area contributed by atoms with Crippen molar-refractivity contribution in [3.8, 4) is 11.5 Å². The van der Waals surface area contributed by atoms with E-state index < -0.39 is 21.9 Å². The van der Waals surface area contributed by atoms with Gasteiger partial charge in [0.05, 0.1) is 21.8 Å². The highest BCUT2D eigenvalue weighted by Crippen LogP contribution is 2.34. The molecule has 2 aromatic carbocycles. The lowest BCUT2D eigenvalue weighted by Gasteiger charge is -2.19. The second-order valence-corrected chi connectivity index (χ2v) is 10.8. The minimum atomic E-state index is -4.00. The fourth-order valence-electron chi connectivity index (χ4n) is 3.15. The molecule has 0 spiro atoms. The molecule has 33 heavy (non-hydrogen) atoms. The van der Waals surface area contributed by atoms with E-state index in [0.717, 1.165) is 11.3 Å². The van der Waals surface area contributed by atoms with Crippen molar-refractivity contribution in [1.82, 2.24) is 0 Å². The number of hydrogen-bond acceptors (Lipinski definition) is 7. The van der Waals surface area contributed by atoms with Crippen LogP contribution in [0.5, 0.6) is 11.5 Å². The summed E-state index contributed by atoms with van der Waals surface area (Å²) in [7, 11) is -4.00.